The number of carbonyl (C=O) groups is 1. The maximum absolute atomic E-state index is 12.7. The Balaban J connectivity index is 2.12. The number of aromatic amines is 1. The minimum atomic E-state index is -0.770. The van der Waals surface area contributed by atoms with Crippen LogP contribution in [0.25, 0.3) is 11.2 Å². The molecule has 1 aliphatic rings. The molecule has 0 saturated carbocycles. The second-order valence-corrected chi connectivity index (χ2v) is 5.53. The normalized spacial score (nSPS) is 21.0. The van der Waals surface area contributed by atoms with Crippen molar-refractivity contribution in [1.29, 1.82) is 0 Å². The van der Waals surface area contributed by atoms with E-state index in [4.69, 9.17) is 4.74 Å². The predicted octanol–water partition coefficient (Wildman–Crippen LogP) is 0.160. The van der Waals surface area contributed by atoms with Gasteiger partial charge in [0.1, 0.15) is 0 Å². The Morgan fingerprint density at radius 3 is 2.96 bits per heavy atom. The number of hydrogen-bond acceptors (Lipinski definition) is 6. The predicted molar refractivity (Wildman–Crippen MR) is 81.8 cm³/mol. The number of carbonyl (C=O) groups excluding carboxylic acids is 1. The summed E-state index contributed by atoms with van der Waals surface area (Å²) in [6, 6.07) is 0. The van der Waals surface area contributed by atoms with Crippen LogP contribution in [0.3, 0.4) is 0 Å². The summed E-state index contributed by atoms with van der Waals surface area (Å²) in [6.45, 7) is 3.52. The van der Waals surface area contributed by atoms with Gasteiger partial charge in [-0.2, -0.15) is 4.98 Å². The van der Waals surface area contributed by atoms with Gasteiger partial charge in [-0.25, -0.2) is 9.55 Å². The van der Waals surface area contributed by atoms with Crippen LogP contribution in [0.15, 0.2) is 23.3 Å². The standard InChI is InChI=1S/C14H17N5O4/c1-7(2)12(21)18-14-17-11-10(15-6-16-11)13(22)19(14)9-4-3-8(20)5-23-9/h3-4,6-9,20H,5H2,1-2H3,(H,15,16)(H,17,18,21)/t8-,9+/m0/s1. The molecule has 2 aromatic rings. The first-order chi connectivity index (χ1) is 11.0. The quantitative estimate of drug-likeness (QED) is 0.693. The molecular formula is C14H17N5O4. The van der Waals surface area contributed by atoms with Gasteiger partial charge in [-0.3, -0.25) is 14.9 Å². The third kappa shape index (κ3) is 2.88. The summed E-state index contributed by atoms with van der Waals surface area (Å²) >= 11 is 0. The third-order valence-corrected chi connectivity index (χ3v) is 3.44. The molecule has 0 radical (unpaired) electrons. The van der Waals surface area contributed by atoms with Crippen molar-refractivity contribution < 1.29 is 14.6 Å². The first kappa shape index (κ1) is 15.4. The van der Waals surface area contributed by atoms with Crippen LogP contribution >= 0.6 is 0 Å². The zero-order chi connectivity index (χ0) is 16.6. The molecule has 3 N–H and O–H groups in total. The molecule has 1 aliphatic heterocycles. The number of hydrogen-bond donors (Lipinski definition) is 3. The number of imidazole rings is 1. The van der Waals surface area contributed by atoms with Crippen molar-refractivity contribution >= 4 is 23.0 Å². The Morgan fingerprint density at radius 1 is 1.52 bits per heavy atom. The molecule has 9 nitrogen and oxygen atoms in total. The molecule has 122 valence electrons. The Bertz CT molecular complexity index is 822. The molecule has 0 fully saturated rings. The van der Waals surface area contributed by atoms with Crippen LogP contribution in [0.2, 0.25) is 0 Å². The summed E-state index contributed by atoms with van der Waals surface area (Å²) in [5.41, 5.74) is 0.0124. The van der Waals surface area contributed by atoms with E-state index >= 15 is 0 Å². The maximum Gasteiger partial charge on any atom is 0.283 e. The fraction of sp³-hybridized carbons (Fsp3) is 0.429. The zero-order valence-electron chi connectivity index (χ0n) is 12.7. The smallest absolute Gasteiger partial charge is 0.283 e. The molecule has 0 bridgehead atoms. The van der Waals surface area contributed by atoms with Crippen LogP contribution in [0.4, 0.5) is 5.95 Å². The van der Waals surface area contributed by atoms with E-state index in [0.29, 0.717) is 0 Å². The summed E-state index contributed by atoms with van der Waals surface area (Å²) in [5.74, 6) is -0.500. The van der Waals surface area contributed by atoms with Gasteiger partial charge < -0.3 is 14.8 Å². The topological polar surface area (TPSA) is 122 Å². The van der Waals surface area contributed by atoms with E-state index in [2.05, 4.69) is 20.3 Å². The highest BCUT2D eigenvalue weighted by Crippen LogP contribution is 2.20. The van der Waals surface area contributed by atoms with Gasteiger partial charge in [-0.1, -0.05) is 19.9 Å². The molecule has 0 aliphatic carbocycles. The van der Waals surface area contributed by atoms with E-state index in [1.807, 2.05) is 0 Å². The van der Waals surface area contributed by atoms with Crippen molar-refractivity contribution in [2.45, 2.75) is 26.2 Å². The van der Waals surface area contributed by atoms with E-state index in [-0.39, 0.29) is 35.5 Å². The lowest BCUT2D eigenvalue weighted by molar-refractivity contribution is -0.119. The van der Waals surface area contributed by atoms with Gasteiger partial charge in [-0.05, 0) is 6.08 Å². The molecule has 9 heteroatoms. The van der Waals surface area contributed by atoms with Crippen molar-refractivity contribution in [2.75, 3.05) is 11.9 Å². The maximum atomic E-state index is 12.7. The number of nitrogens with zero attached hydrogens (tertiary/aromatic N) is 3. The second-order valence-electron chi connectivity index (χ2n) is 5.53. The zero-order valence-corrected chi connectivity index (χ0v) is 12.7. The molecule has 2 aromatic heterocycles. The number of ether oxygens (including phenoxy) is 1. The fourth-order valence-electron chi connectivity index (χ4n) is 2.17. The lowest BCUT2D eigenvalue weighted by Crippen LogP contribution is -2.34. The molecule has 3 heterocycles. The number of amides is 1. The summed E-state index contributed by atoms with van der Waals surface area (Å²) in [4.78, 5) is 35.6. The van der Waals surface area contributed by atoms with Crippen LogP contribution < -0.4 is 10.9 Å². The average molecular weight is 319 g/mol. The summed E-state index contributed by atoms with van der Waals surface area (Å²) in [5, 5.41) is 12.1. The highest BCUT2D eigenvalue weighted by Gasteiger charge is 2.24. The van der Waals surface area contributed by atoms with E-state index in [1.54, 1.807) is 19.9 Å². The van der Waals surface area contributed by atoms with Gasteiger partial charge in [0, 0.05) is 5.92 Å². The summed E-state index contributed by atoms with van der Waals surface area (Å²) in [7, 11) is 0. The van der Waals surface area contributed by atoms with Gasteiger partial charge in [0.25, 0.3) is 5.56 Å². The lowest BCUT2D eigenvalue weighted by Gasteiger charge is -2.24. The second kappa shape index (κ2) is 5.94. The molecule has 0 aromatic carbocycles. The van der Waals surface area contributed by atoms with Crippen LogP contribution in [0, 0.1) is 5.92 Å². The van der Waals surface area contributed by atoms with Gasteiger partial charge >= 0.3 is 0 Å². The minimum absolute atomic E-state index is 0.0478. The van der Waals surface area contributed by atoms with E-state index in [9.17, 15) is 14.7 Å². The van der Waals surface area contributed by atoms with Crippen LogP contribution in [-0.2, 0) is 9.53 Å². The van der Waals surface area contributed by atoms with Crippen molar-refractivity contribution in [3.63, 3.8) is 0 Å². The number of fused-ring (bicyclic) bond motifs is 1. The molecule has 0 saturated heterocycles. The van der Waals surface area contributed by atoms with Gasteiger partial charge in [0.2, 0.25) is 11.9 Å². The van der Waals surface area contributed by atoms with E-state index in [1.165, 1.54) is 17.0 Å². The van der Waals surface area contributed by atoms with Crippen LogP contribution in [0.1, 0.15) is 20.1 Å². The van der Waals surface area contributed by atoms with Gasteiger partial charge in [0.15, 0.2) is 17.4 Å². The number of aliphatic hydroxyl groups excluding tert-OH is 1. The Kier molecular flexibility index (Phi) is 3.97. The Labute approximate surface area is 131 Å². The molecule has 0 spiro atoms. The molecule has 3 rings (SSSR count). The highest BCUT2D eigenvalue weighted by molar-refractivity contribution is 5.91. The van der Waals surface area contributed by atoms with Gasteiger partial charge in [0.05, 0.1) is 19.0 Å². The number of rotatable bonds is 3. The highest BCUT2D eigenvalue weighted by atomic mass is 16.5. The fourth-order valence-corrected chi connectivity index (χ4v) is 2.17. The van der Waals surface area contributed by atoms with Crippen molar-refractivity contribution in [2.24, 2.45) is 5.92 Å². The first-order valence-electron chi connectivity index (χ1n) is 7.22. The first-order valence-corrected chi connectivity index (χ1v) is 7.22. The third-order valence-electron chi connectivity index (χ3n) is 3.44. The number of anilines is 1. The average Bonchev–Trinajstić information content (AvgIpc) is 2.97. The molecule has 23 heavy (non-hydrogen) atoms. The number of aromatic nitrogens is 4. The molecule has 2 atom stereocenters. The van der Waals surface area contributed by atoms with Gasteiger partial charge in [-0.15, -0.1) is 0 Å². The van der Waals surface area contributed by atoms with E-state index < -0.39 is 17.9 Å². The van der Waals surface area contributed by atoms with Crippen molar-refractivity contribution in [3.05, 3.63) is 28.8 Å². The SMILES string of the molecule is CC(C)C(=O)Nc1nc2nc[nH]c2c(=O)n1[C@H]1C=C[C@H](O)CO1. The molecule has 1 amide bonds. The van der Waals surface area contributed by atoms with Crippen molar-refractivity contribution in [3.8, 4) is 0 Å². The molecular weight excluding hydrogens is 302 g/mol. The van der Waals surface area contributed by atoms with E-state index in [0.717, 1.165) is 0 Å². The van der Waals surface area contributed by atoms with Crippen LogP contribution in [0.5, 0.6) is 0 Å². The number of aliphatic hydroxyl groups is 1. The Hall–Kier alpha value is -2.52. The van der Waals surface area contributed by atoms with Crippen LogP contribution in [-0.4, -0.2) is 43.2 Å². The lowest BCUT2D eigenvalue weighted by atomic mass is 10.2. The Morgan fingerprint density at radius 2 is 2.30 bits per heavy atom. The summed E-state index contributed by atoms with van der Waals surface area (Å²) in [6.07, 6.45) is 2.95. The molecule has 0 unspecified atom stereocenters. The number of H-pyrrole nitrogens is 1. The minimum Gasteiger partial charge on any atom is -0.387 e. The summed E-state index contributed by atoms with van der Waals surface area (Å²) < 4.78 is 6.69. The number of nitrogens with one attached hydrogen (secondary N) is 2. The largest absolute Gasteiger partial charge is 0.387 e. The monoisotopic (exact) mass is 319 g/mol. The van der Waals surface area contributed by atoms with Crippen molar-refractivity contribution in [1.82, 2.24) is 19.5 Å².